The van der Waals surface area contributed by atoms with Crippen molar-refractivity contribution in [2.24, 2.45) is 0 Å². The lowest BCUT2D eigenvalue weighted by atomic mass is 10.1. The molecule has 4 N–H and O–H groups in total. The quantitative estimate of drug-likeness (QED) is 0.152. The van der Waals surface area contributed by atoms with Crippen LogP contribution in [0.1, 0.15) is 46.5 Å². The molecule has 0 aromatic heterocycles. The van der Waals surface area contributed by atoms with Gasteiger partial charge in [-0.25, -0.2) is 9.59 Å². The van der Waals surface area contributed by atoms with Gasteiger partial charge in [-0.2, -0.15) is 0 Å². The van der Waals surface area contributed by atoms with Crippen LogP contribution in [0.3, 0.4) is 0 Å². The number of nitrogens with one attached hydrogen (secondary N) is 4. The summed E-state index contributed by atoms with van der Waals surface area (Å²) in [6.07, 6.45) is 3.01. The van der Waals surface area contributed by atoms with Crippen molar-refractivity contribution in [2.45, 2.75) is 58.7 Å². The molecule has 0 bridgehead atoms. The number of ether oxygens (including phenoxy) is 2. The number of unbranched alkanes of at least 4 members (excludes halogenated alkanes) is 1. The second-order valence-corrected chi connectivity index (χ2v) is 7.31. The van der Waals surface area contributed by atoms with Crippen LogP contribution in [-0.4, -0.2) is 79.9 Å². The maximum atomic E-state index is 12.1. The van der Waals surface area contributed by atoms with Crippen LogP contribution in [0.15, 0.2) is 12.2 Å². The van der Waals surface area contributed by atoms with Crippen molar-refractivity contribution in [3.8, 4) is 0 Å². The predicted molar refractivity (Wildman–Crippen MR) is 119 cm³/mol. The van der Waals surface area contributed by atoms with Gasteiger partial charge in [0.1, 0.15) is 0 Å². The van der Waals surface area contributed by atoms with Crippen molar-refractivity contribution < 1.29 is 33.4 Å². The molecular weight excluding hydrogens is 434 g/mol. The van der Waals surface area contributed by atoms with Gasteiger partial charge in [0, 0.05) is 44.2 Å². The molecule has 0 spiro atoms. The molecule has 0 aromatic carbocycles. The Labute approximate surface area is 193 Å². The Balaban J connectivity index is 2.36. The molecule has 1 rings (SSSR count). The van der Waals surface area contributed by atoms with Gasteiger partial charge in [-0.15, -0.1) is 0 Å². The van der Waals surface area contributed by atoms with Gasteiger partial charge in [0.15, 0.2) is 0 Å². The van der Waals surface area contributed by atoms with Crippen molar-refractivity contribution in [2.75, 3.05) is 32.8 Å². The summed E-state index contributed by atoms with van der Waals surface area (Å²) in [6.45, 7) is 6.59. The van der Waals surface area contributed by atoms with Crippen LogP contribution in [0.4, 0.5) is 9.59 Å². The highest BCUT2D eigenvalue weighted by Gasteiger charge is 2.24. The largest absolute Gasteiger partial charge is 0.450 e. The van der Waals surface area contributed by atoms with Crippen molar-refractivity contribution in [1.29, 1.82) is 0 Å². The Hall–Kier alpha value is -3.15. The zero-order valence-corrected chi connectivity index (χ0v) is 19.5. The number of amides is 5. The average Bonchev–Trinajstić information content (AvgIpc) is 3.07. The van der Waals surface area contributed by atoms with E-state index in [4.69, 9.17) is 9.47 Å². The first-order valence-electron chi connectivity index (χ1n) is 11.2. The molecule has 0 fully saturated rings. The first kappa shape index (κ1) is 27.9. The summed E-state index contributed by atoms with van der Waals surface area (Å²) in [6, 6.07) is -0.253. The van der Waals surface area contributed by atoms with Gasteiger partial charge in [0.25, 0.3) is 11.8 Å². The summed E-state index contributed by atoms with van der Waals surface area (Å²) >= 11 is 0. The van der Waals surface area contributed by atoms with E-state index in [0.29, 0.717) is 32.5 Å². The van der Waals surface area contributed by atoms with Crippen LogP contribution in [0.2, 0.25) is 0 Å². The predicted octanol–water partition coefficient (Wildman–Crippen LogP) is 0.384. The number of imide groups is 1. The average molecular weight is 470 g/mol. The topological polar surface area (TPSA) is 155 Å². The van der Waals surface area contributed by atoms with E-state index in [1.807, 2.05) is 0 Å². The fourth-order valence-corrected chi connectivity index (χ4v) is 3.00. The molecule has 1 heterocycles. The third-order valence-corrected chi connectivity index (χ3v) is 4.63. The normalized spacial score (nSPS) is 14.6. The summed E-state index contributed by atoms with van der Waals surface area (Å²) in [7, 11) is 0. The third kappa shape index (κ3) is 11.9. The maximum absolute atomic E-state index is 12.1. The number of hydrogen-bond donors (Lipinski definition) is 4. The first-order valence-corrected chi connectivity index (χ1v) is 11.2. The Bertz CT molecular complexity index is 695. The van der Waals surface area contributed by atoms with Gasteiger partial charge >= 0.3 is 12.2 Å². The molecule has 0 aliphatic carbocycles. The Morgan fingerprint density at radius 1 is 0.970 bits per heavy atom. The van der Waals surface area contributed by atoms with Crippen molar-refractivity contribution >= 4 is 29.9 Å². The minimum Gasteiger partial charge on any atom is -0.450 e. The molecule has 12 nitrogen and oxygen atoms in total. The van der Waals surface area contributed by atoms with Crippen LogP contribution in [0.25, 0.3) is 0 Å². The number of alkyl carbamates (subject to hydrolysis) is 2. The second kappa shape index (κ2) is 15.6. The van der Waals surface area contributed by atoms with Crippen LogP contribution >= 0.6 is 0 Å². The molecule has 33 heavy (non-hydrogen) atoms. The monoisotopic (exact) mass is 469 g/mol. The smallest absolute Gasteiger partial charge is 0.407 e. The standard InChI is InChI=1S/C21H35N5O7/c1-4-32-20(30)22-12-7-6-8-16(25-21(31)33-5-2)14-23-15(3)24-17(27)11-13-26-18(28)9-10-19(26)29/h9-10,15-16,23H,4-8,11-14H2,1-3H3,(H,22,30)(H,24,27)(H,25,31). The number of carbonyl (C=O) groups is 5. The molecule has 2 atom stereocenters. The van der Waals surface area contributed by atoms with Crippen LogP contribution < -0.4 is 21.3 Å². The molecular formula is C21H35N5O7. The zero-order chi connectivity index (χ0) is 24.6. The molecule has 1 aliphatic heterocycles. The number of rotatable bonds is 15. The molecule has 5 amide bonds. The molecule has 0 saturated heterocycles. The highest BCUT2D eigenvalue weighted by molar-refractivity contribution is 6.13. The summed E-state index contributed by atoms with van der Waals surface area (Å²) in [4.78, 5) is 59.3. The van der Waals surface area contributed by atoms with Gasteiger partial charge < -0.3 is 25.4 Å². The molecule has 2 unspecified atom stereocenters. The molecule has 0 aromatic rings. The Morgan fingerprint density at radius 2 is 1.61 bits per heavy atom. The summed E-state index contributed by atoms with van der Waals surface area (Å²) in [5.74, 6) is -1.17. The van der Waals surface area contributed by atoms with E-state index >= 15 is 0 Å². The second-order valence-electron chi connectivity index (χ2n) is 7.31. The van der Waals surface area contributed by atoms with E-state index in [2.05, 4.69) is 21.3 Å². The van der Waals surface area contributed by atoms with Crippen molar-refractivity contribution in [1.82, 2.24) is 26.2 Å². The lowest BCUT2D eigenvalue weighted by Crippen LogP contribution is -2.50. The molecule has 0 saturated carbocycles. The number of carbonyl (C=O) groups excluding carboxylic acids is 5. The van der Waals surface area contributed by atoms with Gasteiger partial charge in [0.05, 0.1) is 19.4 Å². The summed E-state index contributed by atoms with van der Waals surface area (Å²) < 4.78 is 9.74. The van der Waals surface area contributed by atoms with E-state index < -0.39 is 30.2 Å². The Morgan fingerprint density at radius 3 is 2.24 bits per heavy atom. The maximum Gasteiger partial charge on any atom is 0.407 e. The van der Waals surface area contributed by atoms with Gasteiger partial charge in [-0.3, -0.25) is 24.6 Å². The minimum absolute atomic E-state index is 0.0100. The Kier molecular flexibility index (Phi) is 13.2. The van der Waals surface area contributed by atoms with Crippen LogP contribution in [0.5, 0.6) is 0 Å². The van der Waals surface area contributed by atoms with E-state index in [-0.39, 0.29) is 31.5 Å². The fraction of sp³-hybridized carbons (Fsp3) is 0.667. The van der Waals surface area contributed by atoms with Crippen LogP contribution in [-0.2, 0) is 23.9 Å². The molecule has 186 valence electrons. The van der Waals surface area contributed by atoms with Gasteiger partial charge in [-0.1, -0.05) is 0 Å². The first-order chi connectivity index (χ1) is 15.8. The lowest BCUT2D eigenvalue weighted by molar-refractivity contribution is -0.137. The lowest BCUT2D eigenvalue weighted by Gasteiger charge is -2.23. The number of nitrogens with zero attached hydrogens (tertiary/aromatic N) is 1. The van der Waals surface area contributed by atoms with E-state index in [0.717, 1.165) is 11.3 Å². The van der Waals surface area contributed by atoms with Gasteiger partial charge in [-0.05, 0) is 40.0 Å². The summed E-state index contributed by atoms with van der Waals surface area (Å²) in [5, 5.41) is 11.3. The molecule has 12 heteroatoms. The summed E-state index contributed by atoms with van der Waals surface area (Å²) in [5.41, 5.74) is 0. The van der Waals surface area contributed by atoms with E-state index in [9.17, 15) is 24.0 Å². The highest BCUT2D eigenvalue weighted by atomic mass is 16.6. The zero-order valence-electron chi connectivity index (χ0n) is 19.5. The number of hydrogen-bond acceptors (Lipinski definition) is 8. The van der Waals surface area contributed by atoms with Gasteiger partial charge in [0.2, 0.25) is 5.91 Å². The van der Waals surface area contributed by atoms with Crippen molar-refractivity contribution in [3.63, 3.8) is 0 Å². The highest BCUT2D eigenvalue weighted by Crippen LogP contribution is 2.04. The fourth-order valence-electron chi connectivity index (χ4n) is 3.00. The molecule has 0 radical (unpaired) electrons. The van der Waals surface area contributed by atoms with Crippen molar-refractivity contribution in [3.05, 3.63) is 12.2 Å². The van der Waals surface area contributed by atoms with E-state index in [1.165, 1.54) is 12.2 Å². The molecule has 1 aliphatic rings. The van der Waals surface area contributed by atoms with Crippen LogP contribution in [0, 0.1) is 0 Å². The minimum atomic E-state index is -0.529. The SMILES string of the molecule is CCOC(=O)NCCCCC(CNC(C)NC(=O)CCN1C(=O)C=CC1=O)NC(=O)OCC. The van der Waals surface area contributed by atoms with E-state index in [1.54, 1.807) is 20.8 Å². The third-order valence-electron chi connectivity index (χ3n) is 4.63.